The van der Waals surface area contributed by atoms with E-state index in [1.165, 1.54) is 20.2 Å². The zero-order valence-electron chi connectivity index (χ0n) is 63.7. The molecule has 0 bridgehead atoms. The Kier molecular flexibility index (Phi) is 16.3. The van der Waals surface area contributed by atoms with Gasteiger partial charge in [0, 0.05) is 114 Å². The first-order valence-corrected chi connectivity index (χ1v) is 40.7. The molecule has 0 aliphatic heterocycles. The minimum Gasteiger partial charge on any atom is -0.457 e. The Morgan fingerprint density at radius 2 is 0.661 bits per heavy atom. The topological polar surface area (TPSA) is 58.4 Å². The summed E-state index contributed by atoms with van der Waals surface area (Å²) in [4.78, 5) is 7.06. The molecule has 0 atom stereocenters. The van der Waals surface area contributed by atoms with Crippen molar-refractivity contribution in [2.24, 2.45) is 0 Å². The number of rotatable bonds is 16. The molecular formula is C110H69N3O4S. The van der Waals surface area contributed by atoms with E-state index < -0.39 is 0 Å². The molecule has 4 heterocycles. The molecule has 23 aromatic rings. The summed E-state index contributed by atoms with van der Waals surface area (Å²) in [5.41, 5.74) is 23.9. The van der Waals surface area contributed by atoms with E-state index in [0.29, 0.717) is 5.75 Å². The number of anilines is 9. The molecule has 0 aliphatic rings. The van der Waals surface area contributed by atoms with Gasteiger partial charge in [0.2, 0.25) is 0 Å². The molecule has 7 nitrogen and oxygen atoms in total. The number of hydrogen-bond donors (Lipinski definition) is 0. The number of fused-ring (bicyclic) bond motifs is 14. The van der Waals surface area contributed by atoms with Crippen LogP contribution in [0.15, 0.2) is 432 Å². The molecule has 0 fully saturated rings. The number of para-hydroxylation sites is 7. The highest BCUT2D eigenvalue weighted by Crippen LogP contribution is 2.53. The normalized spacial score (nSPS) is 11.7. The lowest BCUT2D eigenvalue weighted by atomic mass is 9.91. The van der Waals surface area contributed by atoms with Crippen molar-refractivity contribution in [3.8, 4) is 67.1 Å². The fourth-order valence-electron chi connectivity index (χ4n) is 17.8. The maximum atomic E-state index is 7.65. The van der Waals surface area contributed by atoms with Crippen LogP contribution in [0.1, 0.15) is 0 Å². The number of nitrogens with zero attached hydrogens (tertiary/aromatic N) is 3. The van der Waals surface area contributed by atoms with Gasteiger partial charge in [-0.15, -0.1) is 11.3 Å². The fourth-order valence-corrected chi connectivity index (χ4v) is 19.0. The van der Waals surface area contributed by atoms with Crippen molar-refractivity contribution in [1.29, 1.82) is 0 Å². The smallest absolute Gasteiger partial charge is 0.159 e. The van der Waals surface area contributed by atoms with Gasteiger partial charge in [-0.1, -0.05) is 261 Å². The van der Waals surface area contributed by atoms with Crippen LogP contribution in [0.25, 0.3) is 163 Å². The van der Waals surface area contributed by atoms with Crippen LogP contribution in [0.3, 0.4) is 0 Å². The van der Waals surface area contributed by atoms with Crippen LogP contribution in [0, 0.1) is 0 Å². The summed E-state index contributed by atoms with van der Waals surface area (Å²) in [6, 6.07) is 150. The first kappa shape index (κ1) is 68.1. The molecule has 0 saturated heterocycles. The average Bonchev–Trinajstić information content (AvgIpc) is 1.54. The predicted octanol–water partition coefficient (Wildman–Crippen LogP) is 32.6. The number of ether oxygens (including phenoxy) is 1. The summed E-state index contributed by atoms with van der Waals surface area (Å²) in [5.74, 6) is 1.47. The monoisotopic (exact) mass is 1530 g/mol. The third kappa shape index (κ3) is 11.6. The zero-order chi connectivity index (χ0) is 77.7. The van der Waals surface area contributed by atoms with Crippen molar-refractivity contribution in [3.63, 3.8) is 0 Å². The van der Waals surface area contributed by atoms with Crippen LogP contribution in [0.5, 0.6) is 11.5 Å². The predicted molar refractivity (Wildman–Crippen MR) is 494 cm³/mol. The third-order valence-electron chi connectivity index (χ3n) is 23.2. The Morgan fingerprint density at radius 3 is 1.30 bits per heavy atom. The van der Waals surface area contributed by atoms with E-state index in [1.54, 1.807) is 0 Å². The maximum Gasteiger partial charge on any atom is 0.159 e. The van der Waals surface area contributed by atoms with E-state index in [-0.39, 0.29) is 0 Å². The minimum atomic E-state index is 0.716. The molecule has 19 aromatic carbocycles. The van der Waals surface area contributed by atoms with Gasteiger partial charge in [-0.2, -0.15) is 0 Å². The summed E-state index contributed by atoms with van der Waals surface area (Å²) in [6.07, 6.45) is 0. The Bertz CT molecular complexity index is 7770. The third-order valence-corrected chi connectivity index (χ3v) is 24.4. The molecule has 0 N–H and O–H groups in total. The number of thiophene rings is 1. The van der Waals surface area contributed by atoms with Crippen LogP contribution >= 0.6 is 11.3 Å². The Hall–Kier alpha value is -15.5. The van der Waals surface area contributed by atoms with Crippen molar-refractivity contribution >= 4 is 170 Å². The number of furan rings is 3. The lowest BCUT2D eigenvalue weighted by Gasteiger charge is -2.29. The van der Waals surface area contributed by atoms with Gasteiger partial charge in [-0.25, -0.2) is 0 Å². The molecule has 0 spiro atoms. The van der Waals surface area contributed by atoms with Gasteiger partial charge in [-0.05, 0) is 202 Å². The van der Waals surface area contributed by atoms with Gasteiger partial charge in [-0.3, -0.25) is 0 Å². The first-order valence-electron chi connectivity index (χ1n) is 39.9. The van der Waals surface area contributed by atoms with Gasteiger partial charge in [0.1, 0.15) is 33.8 Å². The molecule has 0 amide bonds. The molecule has 0 radical (unpaired) electrons. The van der Waals surface area contributed by atoms with E-state index in [2.05, 4.69) is 403 Å². The molecule has 4 aromatic heterocycles. The highest BCUT2D eigenvalue weighted by atomic mass is 32.1. The van der Waals surface area contributed by atoms with Gasteiger partial charge < -0.3 is 32.7 Å². The molecule has 0 aliphatic carbocycles. The van der Waals surface area contributed by atoms with Crippen molar-refractivity contribution in [2.45, 2.75) is 0 Å². The van der Waals surface area contributed by atoms with Crippen molar-refractivity contribution < 1.29 is 18.0 Å². The van der Waals surface area contributed by atoms with Crippen LogP contribution in [-0.4, -0.2) is 0 Å². The standard InChI is InChI=1S/C110H69N3O4S/c1-7-30-71(31-8-1)92-62-76(64-95-88-50-28-55-100(108(88)116-105(92)95)111(78-37-9-2-10-38-78)79-39-11-3-12-40-79)77-63-93(106-96(65-77)89-51-29-56-101(109(89)117-106)112(80-41-13-4-14-42-80)81-43-15-5-16-44-81)74-36-25-35-72(60-74)75-61-73-33-20-22-48-86(73)102(66-75)113(99-54-26-34-70-32-19-21-47-85(70)99)82-58-59-103-94(67-82)98-69-84(114-83-45-17-6-18-46-83)68-97(107(98)115-103)91-53-27-52-90-87-49-23-24-57-104(87)118-110(90)91/h1-69H. The molecule has 0 unspecified atom stereocenters. The Morgan fingerprint density at radius 1 is 0.203 bits per heavy atom. The van der Waals surface area contributed by atoms with Gasteiger partial charge in [0.15, 0.2) is 11.2 Å². The lowest BCUT2D eigenvalue weighted by Crippen LogP contribution is -2.11. The lowest BCUT2D eigenvalue weighted by molar-refractivity contribution is 0.483. The second kappa shape index (κ2) is 28.3. The SMILES string of the molecule is c1ccc(Oc2cc(-c3cccc4c3sc3ccccc34)c3oc4ccc(N(c5cccc6ccccc56)c5cc(-c6cccc(-c7cc(-c8cc(-c9ccccc9)c9oc%10c(N(c%11ccccc%11)c%11ccccc%11)cccc%10c9c8)cc8c7oc7c(N(c9ccccc9)c9ccccc9)cccc78)c6)cc6ccccc56)cc4c3c2)cc1. The second-order valence-corrected chi connectivity index (χ2v) is 31.2. The molecule has 554 valence electrons. The van der Waals surface area contributed by atoms with E-state index >= 15 is 0 Å². The molecular weight excluding hydrogens is 1460 g/mol. The molecule has 23 rings (SSSR count). The maximum absolute atomic E-state index is 7.65. The molecule has 8 heteroatoms. The van der Waals surface area contributed by atoms with E-state index in [4.69, 9.17) is 18.0 Å². The summed E-state index contributed by atoms with van der Waals surface area (Å²) in [6.45, 7) is 0. The van der Waals surface area contributed by atoms with Gasteiger partial charge in [0.05, 0.1) is 22.7 Å². The van der Waals surface area contributed by atoms with Gasteiger partial charge >= 0.3 is 0 Å². The first-order chi connectivity index (χ1) is 58.5. The number of benzene rings is 19. The van der Waals surface area contributed by atoms with Crippen LogP contribution in [0.4, 0.5) is 51.2 Å². The number of hydrogen-bond acceptors (Lipinski definition) is 8. The zero-order valence-corrected chi connectivity index (χ0v) is 64.5. The van der Waals surface area contributed by atoms with E-state index in [0.717, 1.165) is 200 Å². The Labute approximate surface area is 683 Å². The van der Waals surface area contributed by atoms with Crippen molar-refractivity contribution in [1.82, 2.24) is 0 Å². The minimum absolute atomic E-state index is 0.716. The molecule has 118 heavy (non-hydrogen) atoms. The highest BCUT2D eigenvalue weighted by Gasteiger charge is 2.28. The average molecular weight is 1530 g/mol. The Balaban J connectivity index is 0.731. The van der Waals surface area contributed by atoms with Crippen LogP contribution < -0.4 is 19.4 Å². The van der Waals surface area contributed by atoms with Crippen molar-refractivity contribution in [3.05, 3.63) is 419 Å². The quantitative estimate of drug-likeness (QED) is 0.0955. The van der Waals surface area contributed by atoms with E-state index in [9.17, 15) is 0 Å². The second-order valence-electron chi connectivity index (χ2n) is 30.1. The summed E-state index contributed by atoms with van der Waals surface area (Å²) < 4.78 is 31.5. The van der Waals surface area contributed by atoms with Crippen LogP contribution in [-0.2, 0) is 0 Å². The summed E-state index contributed by atoms with van der Waals surface area (Å²) in [7, 11) is 0. The van der Waals surface area contributed by atoms with Crippen LogP contribution in [0.2, 0.25) is 0 Å². The fraction of sp³-hybridized carbons (Fsp3) is 0. The molecule has 0 saturated carbocycles. The summed E-state index contributed by atoms with van der Waals surface area (Å²) in [5, 5.41) is 12.8. The highest BCUT2D eigenvalue weighted by molar-refractivity contribution is 7.26. The summed E-state index contributed by atoms with van der Waals surface area (Å²) >= 11 is 1.81. The largest absolute Gasteiger partial charge is 0.457 e. The van der Waals surface area contributed by atoms with Crippen molar-refractivity contribution in [2.75, 3.05) is 14.7 Å². The van der Waals surface area contributed by atoms with Gasteiger partial charge in [0.25, 0.3) is 0 Å². The van der Waals surface area contributed by atoms with E-state index in [1.807, 2.05) is 41.7 Å².